The van der Waals surface area contributed by atoms with Crippen LogP contribution in [0.25, 0.3) is 10.2 Å². The van der Waals surface area contributed by atoms with Gasteiger partial charge in [-0.25, -0.2) is 9.97 Å². The first-order chi connectivity index (χ1) is 8.24. The smallest absolute Gasteiger partial charge is 0.126 e. The quantitative estimate of drug-likeness (QED) is 0.836. The van der Waals surface area contributed by atoms with Gasteiger partial charge in [0.05, 0.1) is 0 Å². The summed E-state index contributed by atoms with van der Waals surface area (Å²) < 4.78 is 0. The Labute approximate surface area is 104 Å². The summed E-state index contributed by atoms with van der Waals surface area (Å²) in [6, 6.07) is 3.04. The summed E-state index contributed by atoms with van der Waals surface area (Å²) in [5, 5.41) is 1.15. The van der Waals surface area contributed by atoms with Crippen LogP contribution in [0.15, 0.2) is 18.6 Å². The van der Waals surface area contributed by atoms with Gasteiger partial charge in [0.2, 0.25) is 0 Å². The van der Waals surface area contributed by atoms with Gasteiger partial charge in [0.25, 0.3) is 0 Å². The molecule has 0 radical (unpaired) electrons. The molecule has 3 rings (SSSR count). The number of nitrogens with two attached hydrogens (primary N) is 1. The number of nitrogens with zero attached hydrogens (tertiary/aromatic N) is 3. The second-order valence-electron chi connectivity index (χ2n) is 4.72. The van der Waals surface area contributed by atoms with Crippen LogP contribution in [0.5, 0.6) is 0 Å². The summed E-state index contributed by atoms with van der Waals surface area (Å²) >= 11 is 1.78. The van der Waals surface area contributed by atoms with E-state index in [2.05, 4.69) is 28.0 Å². The Morgan fingerprint density at radius 3 is 3.12 bits per heavy atom. The Hall–Kier alpha value is -1.04. The van der Waals surface area contributed by atoms with Crippen LogP contribution >= 0.6 is 11.3 Å². The van der Waals surface area contributed by atoms with E-state index in [9.17, 15) is 0 Å². The van der Waals surface area contributed by atoms with E-state index in [0.717, 1.165) is 29.6 Å². The molecule has 1 aliphatic rings. The maximum Gasteiger partial charge on any atom is 0.126 e. The molecular formula is C12H16N4S. The van der Waals surface area contributed by atoms with E-state index in [1.165, 1.54) is 4.88 Å². The first-order valence-corrected chi connectivity index (χ1v) is 6.71. The SMILES string of the molecule is CN1CC(N)CCC1c1cc2cncnc2s1. The lowest BCUT2D eigenvalue weighted by Crippen LogP contribution is -2.42. The van der Waals surface area contributed by atoms with E-state index in [1.807, 2.05) is 6.20 Å². The molecule has 4 nitrogen and oxygen atoms in total. The van der Waals surface area contributed by atoms with Gasteiger partial charge < -0.3 is 5.73 Å². The fourth-order valence-corrected chi connectivity index (χ4v) is 3.68. The molecule has 0 aliphatic carbocycles. The molecule has 2 atom stereocenters. The number of likely N-dealkylation sites (N-methyl/N-ethyl adjacent to an activating group) is 1. The van der Waals surface area contributed by atoms with Gasteiger partial charge in [-0.2, -0.15) is 0 Å². The lowest BCUT2D eigenvalue weighted by Gasteiger charge is -2.35. The molecule has 5 heteroatoms. The lowest BCUT2D eigenvalue weighted by molar-refractivity contribution is 0.172. The molecule has 0 saturated carbocycles. The van der Waals surface area contributed by atoms with Crippen molar-refractivity contribution in [2.24, 2.45) is 5.73 Å². The molecule has 0 bridgehead atoms. The van der Waals surface area contributed by atoms with E-state index in [4.69, 9.17) is 5.73 Å². The molecule has 2 N–H and O–H groups in total. The van der Waals surface area contributed by atoms with Crippen molar-refractivity contribution in [3.05, 3.63) is 23.5 Å². The number of likely N-dealkylation sites (tertiary alicyclic amines) is 1. The third kappa shape index (κ3) is 2.06. The lowest BCUT2D eigenvalue weighted by atomic mass is 9.98. The minimum absolute atomic E-state index is 0.324. The molecule has 2 unspecified atom stereocenters. The van der Waals surface area contributed by atoms with Crippen LogP contribution in [0.4, 0.5) is 0 Å². The second-order valence-corrected chi connectivity index (χ2v) is 5.79. The van der Waals surface area contributed by atoms with Crippen molar-refractivity contribution >= 4 is 21.6 Å². The summed E-state index contributed by atoms with van der Waals surface area (Å²) in [6.07, 6.45) is 5.74. The first kappa shape index (κ1) is 11.1. The summed E-state index contributed by atoms with van der Waals surface area (Å²) in [5.41, 5.74) is 5.98. The van der Waals surface area contributed by atoms with E-state index in [1.54, 1.807) is 17.7 Å². The second kappa shape index (κ2) is 4.33. The van der Waals surface area contributed by atoms with Gasteiger partial charge in [0.15, 0.2) is 0 Å². The average Bonchev–Trinajstić information content (AvgIpc) is 2.72. The molecule has 3 heterocycles. The summed E-state index contributed by atoms with van der Waals surface area (Å²) in [5.74, 6) is 0. The van der Waals surface area contributed by atoms with Crippen molar-refractivity contribution < 1.29 is 0 Å². The van der Waals surface area contributed by atoms with Crippen LogP contribution in [-0.2, 0) is 0 Å². The number of thiophene rings is 1. The molecule has 17 heavy (non-hydrogen) atoms. The molecule has 2 aromatic heterocycles. The summed E-state index contributed by atoms with van der Waals surface area (Å²) in [4.78, 5) is 13.2. The van der Waals surface area contributed by atoms with Gasteiger partial charge >= 0.3 is 0 Å². The molecule has 0 spiro atoms. The van der Waals surface area contributed by atoms with Gasteiger partial charge in [-0.15, -0.1) is 11.3 Å². The van der Waals surface area contributed by atoms with E-state index in [-0.39, 0.29) is 0 Å². The minimum Gasteiger partial charge on any atom is -0.327 e. The Morgan fingerprint density at radius 2 is 2.35 bits per heavy atom. The summed E-state index contributed by atoms with van der Waals surface area (Å²) in [6.45, 7) is 0.977. The largest absolute Gasteiger partial charge is 0.327 e. The third-order valence-corrected chi connectivity index (χ3v) is 4.57. The highest BCUT2D eigenvalue weighted by Crippen LogP contribution is 2.35. The van der Waals surface area contributed by atoms with Crippen molar-refractivity contribution in [3.63, 3.8) is 0 Å². The molecule has 1 fully saturated rings. The zero-order chi connectivity index (χ0) is 11.8. The maximum absolute atomic E-state index is 5.98. The fraction of sp³-hybridized carbons (Fsp3) is 0.500. The van der Waals surface area contributed by atoms with Gasteiger partial charge in [0, 0.05) is 35.1 Å². The maximum atomic E-state index is 5.98. The number of aromatic nitrogens is 2. The van der Waals surface area contributed by atoms with Crippen molar-refractivity contribution in [3.8, 4) is 0 Å². The van der Waals surface area contributed by atoms with Crippen molar-refractivity contribution in [2.75, 3.05) is 13.6 Å². The topological polar surface area (TPSA) is 55.0 Å². The molecule has 2 aromatic rings. The highest BCUT2D eigenvalue weighted by Gasteiger charge is 2.26. The average molecular weight is 248 g/mol. The molecule has 90 valence electrons. The zero-order valence-corrected chi connectivity index (χ0v) is 10.7. The van der Waals surface area contributed by atoms with Crippen LogP contribution in [0, 0.1) is 0 Å². The van der Waals surface area contributed by atoms with E-state index in [0.29, 0.717) is 12.1 Å². The van der Waals surface area contributed by atoms with Crippen molar-refractivity contribution in [2.45, 2.75) is 24.9 Å². The van der Waals surface area contributed by atoms with Gasteiger partial charge in [-0.3, -0.25) is 4.90 Å². The highest BCUT2D eigenvalue weighted by atomic mass is 32.1. The molecule has 1 aliphatic heterocycles. The van der Waals surface area contributed by atoms with E-state index < -0.39 is 0 Å². The first-order valence-electron chi connectivity index (χ1n) is 5.89. The van der Waals surface area contributed by atoms with Crippen LogP contribution in [0.1, 0.15) is 23.8 Å². The van der Waals surface area contributed by atoms with Crippen LogP contribution in [0.3, 0.4) is 0 Å². The van der Waals surface area contributed by atoms with Crippen LogP contribution in [-0.4, -0.2) is 34.5 Å². The van der Waals surface area contributed by atoms with E-state index >= 15 is 0 Å². The number of rotatable bonds is 1. The standard InChI is InChI=1S/C12H16N4S/c1-16-6-9(13)2-3-10(16)11-4-8-5-14-7-15-12(8)17-11/h4-5,7,9-10H,2-3,6,13H2,1H3. The van der Waals surface area contributed by atoms with Gasteiger partial charge in [-0.05, 0) is 26.0 Å². The minimum atomic E-state index is 0.324. The number of hydrogen-bond donors (Lipinski definition) is 1. The molecule has 0 aromatic carbocycles. The molecular weight excluding hydrogens is 232 g/mol. The third-order valence-electron chi connectivity index (χ3n) is 3.41. The van der Waals surface area contributed by atoms with Gasteiger partial charge in [0.1, 0.15) is 11.2 Å². The van der Waals surface area contributed by atoms with Gasteiger partial charge in [-0.1, -0.05) is 0 Å². The highest BCUT2D eigenvalue weighted by molar-refractivity contribution is 7.18. The number of fused-ring (bicyclic) bond motifs is 1. The summed E-state index contributed by atoms with van der Waals surface area (Å²) in [7, 11) is 2.15. The predicted octanol–water partition coefficient (Wildman–Crippen LogP) is 1.79. The Balaban J connectivity index is 1.93. The number of piperidine rings is 1. The Kier molecular flexibility index (Phi) is 2.82. The van der Waals surface area contributed by atoms with Crippen LogP contribution in [0.2, 0.25) is 0 Å². The molecule has 0 amide bonds. The molecule has 1 saturated heterocycles. The monoisotopic (exact) mass is 248 g/mol. The predicted molar refractivity (Wildman–Crippen MR) is 70.0 cm³/mol. The normalized spacial score (nSPS) is 26.5. The zero-order valence-electron chi connectivity index (χ0n) is 9.84. The number of hydrogen-bond acceptors (Lipinski definition) is 5. The fourth-order valence-electron chi connectivity index (χ4n) is 2.51. The Bertz CT molecular complexity index is 491. The van der Waals surface area contributed by atoms with Crippen molar-refractivity contribution in [1.29, 1.82) is 0 Å². The Morgan fingerprint density at radius 1 is 1.47 bits per heavy atom. The van der Waals surface area contributed by atoms with Crippen molar-refractivity contribution in [1.82, 2.24) is 14.9 Å². The van der Waals surface area contributed by atoms with Crippen LogP contribution < -0.4 is 5.73 Å².